The predicted molar refractivity (Wildman–Crippen MR) is 68.2 cm³/mol. The van der Waals surface area contributed by atoms with E-state index in [-0.39, 0.29) is 11.2 Å². The number of nitrogens with one attached hydrogen (secondary N) is 1. The van der Waals surface area contributed by atoms with Gasteiger partial charge in [0.25, 0.3) is 0 Å². The molecule has 4 heteroatoms. The number of benzene rings is 1. The van der Waals surface area contributed by atoms with E-state index in [1.165, 1.54) is 0 Å². The quantitative estimate of drug-likeness (QED) is 0.787. The Balaban J connectivity index is 1.87. The van der Waals surface area contributed by atoms with E-state index in [0.717, 1.165) is 29.8 Å². The Kier molecular flexibility index (Phi) is 3.72. The van der Waals surface area contributed by atoms with Gasteiger partial charge in [-0.05, 0) is 30.2 Å². The maximum absolute atomic E-state index is 11.8. The first-order valence-corrected chi connectivity index (χ1v) is 6.55. The van der Waals surface area contributed by atoms with Crippen LogP contribution in [-0.2, 0) is 11.3 Å². The molecule has 1 unspecified atom stereocenters. The SMILES string of the molecule is Nc1ccccc1CNC(=O)C1CCCS1. The lowest BCUT2D eigenvalue weighted by Crippen LogP contribution is -2.31. The van der Waals surface area contributed by atoms with Crippen molar-refractivity contribution in [2.24, 2.45) is 0 Å². The second-order valence-corrected chi connectivity index (χ2v) is 5.23. The summed E-state index contributed by atoms with van der Waals surface area (Å²) in [4.78, 5) is 11.8. The van der Waals surface area contributed by atoms with E-state index >= 15 is 0 Å². The number of carbonyl (C=O) groups excluding carboxylic acids is 1. The minimum Gasteiger partial charge on any atom is -0.398 e. The summed E-state index contributed by atoms with van der Waals surface area (Å²) in [6, 6.07) is 7.62. The summed E-state index contributed by atoms with van der Waals surface area (Å²) in [5.41, 5.74) is 7.53. The van der Waals surface area contributed by atoms with Gasteiger partial charge in [0, 0.05) is 12.2 Å². The van der Waals surface area contributed by atoms with E-state index in [2.05, 4.69) is 5.32 Å². The molecule has 1 fully saturated rings. The van der Waals surface area contributed by atoms with Crippen LogP contribution < -0.4 is 11.1 Å². The van der Waals surface area contributed by atoms with Crippen molar-refractivity contribution >= 4 is 23.4 Å². The third-order valence-electron chi connectivity index (χ3n) is 2.73. The molecule has 0 spiro atoms. The van der Waals surface area contributed by atoms with Crippen molar-refractivity contribution in [2.75, 3.05) is 11.5 Å². The first-order valence-electron chi connectivity index (χ1n) is 5.50. The van der Waals surface area contributed by atoms with Crippen LogP contribution >= 0.6 is 11.8 Å². The number of rotatable bonds is 3. The second-order valence-electron chi connectivity index (χ2n) is 3.92. The lowest BCUT2D eigenvalue weighted by molar-refractivity contribution is -0.120. The number of carbonyl (C=O) groups is 1. The molecule has 3 N–H and O–H groups in total. The third kappa shape index (κ3) is 2.70. The van der Waals surface area contributed by atoms with Gasteiger partial charge in [-0.15, -0.1) is 11.8 Å². The van der Waals surface area contributed by atoms with E-state index in [0.29, 0.717) is 6.54 Å². The lowest BCUT2D eigenvalue weighted by Gasteiger charge is -2.11. The summed E-state index contributed by atoms with van der Waals surface area (Å²) in [7, 11) is 0. The third-order valence-corrected chi connectivity index (χ3v) is 4.11. The van der Waals surface area contributed by atoms with Crippen LogP contribution in [0.5, 0.6) is 0 Å². The second kappa shape index (κ2) is 5.25. The van der Waals surface area contributed by atoms with E-state index in [1.807, 2.05) is 24.3 Å². The van der Waals surface area contributed by atoms with Crippen LogP contribution in [0.15, 0.2) is 24.3 Å². The smallest absolute Gasteiger partial charge is 0.233 e. The highest BCUT2D eigenvalue weighted by atomic mass is 32.2. The zero-order valence-electron chi connectivity index (χ0n) is 9.11. The van der Waals surface area contributed by atoms with Crippen LogP contribution in [-0.4, -0.2) is 16.9 Å². The molecule has 1 heterocycles. The monoisotopic (exact) mass is 236 g/mol. The van der Waals surface area contributed by atoms with Crippen LogP contribution in [0.25, 0.3) is 0 Å². The van der Waals surface area contributed by atoms with Crippen molar-refractivity contribution in [2.45, 2.75) is 24.6 Å². The van der Waals surface area contributed by atoms with Crippen molar-refractivity contribution in [1.82, 2.24) is 5.32 Å². The van der Waals surface area contributed by atoms with Gasteiger partial charge >= 0.3 is 0 Å². The van der Waals surface area contributed by atoms with Crippen LogP contribution in [0.1, 0.15) is 18.4 Å². The van der Waals surface area contributed by atoms with Crippen LogP contribution in [0.2, 0.25) is 0 Å². The molecule has 0 bridgehead atoms. The van der Waals surface area contributed by atoms with Crippen molar-refractivity contribution in [3.8, 4) is 0 Å². The van der Waals surface area contributed by atoms with E-state index in [4.69, 9.17) is 5.73 Å². The van der Waals surface area contributed by atoms with Crippen LogP contribution in [0.3, 0.4) is 0 Å². The van der Waals surface area contributed by atoms with E-state index in [1.54, 1.807) is 11.8 Å². The van der Waals surface area contributed by atoms with Crippen molar-refractivity contribution in [3.05, 3.63) is 29.8 Å². The Labute approximate surface area is 99.8 Å². The molecule has 2 rings (SSSR count). The zero-order valence-corrected chi connectivity index (χ0v) is 9.93. The molecule has 3 nitrogen and oxygen atoms in total. The molecule has 1 amide bonds. The van der Waals surface area contributed by atoms with E-state index in [9.17, 15) is 4.79 Å². The van der Waals surface area contributed by atoms with Gasteiger partial charge in [-0.3, -0.25) is 4.79 Å². The molecular formula is C12H16N2OS. The van der Waals surface area contributed by atoms with Crippen molar-refractivity contribution in [1.29, 1.82) is 0 Å². The fourth-order valence-corrected chi connectivity index (χ4v) is 2.96. The topological polar surface area (TPSA) is 55.1 Å². The fourth-order valence-electron chi connectivity index (χ4n) is 1.78. The van der Waals surface area contributed by atoms with Gasteiger partial charge < -0.3 is 11.1 Å². The minimum atomic E-state index is 0.143. The first-order chi connectivity index (χ1) is 7.77. The number of anilines is 1. The van der Waals surface area contributed by atoms with Gasteiger partial charge in [0.1, 0.15) is 0 Å². The molecular weight excluding hydrogens is 220 g/mol. The van der Waals surface area contributed by atoms with Gasteiger partial charge in [0.2, 0.25) is 5.91 Å². The number of para-hydroxylation sites is 1. The van der Waals surface area contributed by atoms with Gasteiger partial charge in [0.05, 0.1) is 5.25 Å². The Hall–Kier alpha value is -1.16. The molecule has 0 saturated carbocycles. The lowest BCUT2D eigenvalue weighted by atomic mass is 10.2. The molecule has 1 aliphatic rings. The van der Waals surface area contributed by atoms with Crippen molar-refractivity contribution in [3.63, 3.8) is 0 Å². The molecule has 1 aromatic rings. The predicted octanol–water partition coefficient (Wildman–Crippen LogP) is 1.78. The van der Waals surface area contributed by atoms with E-state index < -0.39 is 0 Å². The Morgan fingerprint density at radius 2 is 2.31 bits per heavy atom. The summed E-state index contributed by atoms with van der Waals surface area (Å²) < 4.78 is 0. The summed E-state index contributed by atoms with van der Waals surface area (Å²) in [5, 5.41) is 3.09. The summed E-state index contributed by atoms with van der Waals surface area (Å²) in [6.07, 6.45) is 2.15. The highest BCUT2D eigenvalue weighted by Crippen LogP contribution is 2.26. The first kappa shape index (κ1) is 11.3. The highest BCUT2D eigenvalue weighted by Gasteiger charge is 2.22. The molecule has 0 aliphatic carbocycles. The van der Waals surface area contributed by atoms with Gasteiger partial charge in [-0.25, -0.2) is 0 Å². The minimum absolute atomic E-state index is 0.143. The molecule has 86 valence electrons. The normalized spacial score (nSPS) is 19.6. The zero-order chi connectivity index (χ0) is 11.4. The van der Waals surface area contributed by atoms with Gasteiger partial charge in [-0.2, -0.15) is 0 Å². The van der Waals surface area contributed by atoms with Gasteiger partial charge in [-0.1, -0.05) is 18.2 Å². The summed E-state index contributed by atoms with van der Waals surface area (Å²) in [5.74, 6) is 1.25. The Morgan fingerprint density at radius 3 is 3.00 bits per heavy atom. The number of thioether (sulfide) groups is 1. The average Bonchev–Trinajstić information content (AvgIpc) is 2.81. The number of hydrogen-bond donors (Lipinski definition) is 2. The Morgan fingerprint density at radius 1 is 1.50 bits per heavy atom. The highest BCUT2D eigenvalue weighted by molar-refractivity contribution is 8.00. The Bertz CT molecular complexity index is 375. The summed E-state index contributed by atoms with van der Waals surface area (Å²) >= 11 is 1.75. The molecule has 0 aromatic heterocycles. The standard InChI is InChI=1S/C12H16N2OS/c13-10-5-2-1-4-9(10)8-14-12(15)11-6-3-7-16-11/h1-2,4-5,11H,3,6-8,13H2,(H,14,15). The molecule has 1 aromatic carbocycles. The fraction of sp³-hybridized carbons (Fsp3) is 0.417. The van der Waals surface area contributed by atoms with Crippen LogP contribution in [0, 0.1) is 0 Å². The molecule has 1 saturated heterocycles. The maximum atomic E-state index is 11.8. The number of hydrogen-bond acceptors (Lipinski definition) is 3. The van der Waals surface area contributed by atoms with Crippen molar-refractivity contribution < 1.29 is 4.79 Å². The molecule has 1 atom stereocenters. The summed E-state index contributed by atoms with van der Waals surface area (Å²) in [6.45, 7) is 0.530. The average molecular weight is 236 g/mol. The van der Waals surface area contributed by atoms with Gasteiger partial charge in [0.15, 0.2) is 0 Å². The molecule has 0 radical (unpaired) electrons. The number of amides is 1. The number of nitrogens with two attached hydrogens (primary N) is 1. The molecule has 16 heavy (non-hydrogen) atoms. The molecule has 1 aliphatic heterocycles. The largest absolute Gasteiger partial charge is 0.398 e. The maximum Gasteiger partial charge on any atom is 0.233 e. The number of nitrogen functional groups attached to an aromatic ring is 1. The van der Waals surface area contributed by atoms with Crippen LogP contribution in [0.4, 0.5) is 5.69 Å².